The minimum Gasteiger partial charge on any atom is -0.324 e. The van der Waals surface area contributed by atoms with Crippen molar-refractivity contribution in [2.24, 2.45) is 0 Å². The fraction of sp³-hybridized carbons (Fsp3) is 0.364. The van der Waals surface area contributed by atoms with E-state index >= 15 is 0 Å². The van der Waals surface area contributed by atoms with E-state index in [1.54, 1.807) is 6.07 Å². The first-order chi connectivity index (χ1) is 9.68. The third kappa shape index (κ3) is 4.10. The van der Waals surface area contributed by atoms with Gasteiger partial charge in [0, 0.05) is 6.54 Å². The molecule has 1 aromatic carbocycles. The number of carbonyl (C=O) groups excluding carboxylic acids is 1. The van der Waals surface area contributed by atoms with Gasteiger partial charge in [-0.15, -0.1) is 3.89 Å². The predicted molar refractivity (Wildman–Crippen MR) is 71.2 cm³/mol. The molecule has 21 heavy (non-hydrogen) atoms. The summed E-state index contributed by atoms with van der Waals surface area (Å²) in [5.41, 5.74) is 0.479. The highest BCUT2D eigenvalue weighted by atomic mass is 35.5. The summed E-state index contributed by atoms with van der Waals surface area (Å²) < 4.78 is 47.8. The smallest absolute Gasteiger partial charge is 0.324 e. The van der Waals surface area contributed by atoms with Gasteiger partial charge in [0.15, 0.2) is 0 Å². The minimum atomic E-state index is -4.77. The number of nitrogens with one attached hydrogen (secondary N) is 3. The highest BCUT2D eigenvalue weighted by molar-refractivity contribution is 7.86. The average Bonchev–Trinajstić information content (AvgIpc) is 2.40. The summed E-state index contributed by atoms with van der Waals surface area (Å²) in [7, 11) is -4.77. The summed E-state index contributed by atoms with van der Waals surface area (Å²) in [6, 6.07) is 5.26. The van der Waals surface area contributed by atoms with Gasteiger partial charge in [0.2, 0.25) is 0 Å². The molecule has 2 unspecified atom stereocenters. The van der Waals surface area contributed by atoms with Gasteiger partial charge in [-0.25, -0.2) is 4.39 Å². The van der Waals surface area contributed by atoms with Gasteiger partial charge in [-0.1, -0.05) is 23.7 Å². The van der Waals surface area contributed by atoms with Crippen LogP contribution in [0.2, 0.25) is 0 Å². The van der Waals surface area contributed by atoms with Crippen LogP contribution in [0.5, 0.6) is 0 Å². The molecule has 0 radical (unpaired) electrons. The first-order valence-corrected chi connectivity index (χ1v) is 7.64. The molecule has 1 saturated heterocycles. The van der Waals surface area contributed by atoms with Crippen molar-refractivity contribution in [1.82, 2.24) is 16.0 Å². The predicted octanol–water partition coefficient (Wildman–Crippen LogP) is 0.342. The van der Waals surface area contributed by atoms with E-state index in [2.05, 4.69) is 16.0 Å². The molecular weight excluding hydrogens is 328 g/mol. The lowest BCUT2D eigenvalue weighted by Gasteiger charge is -2.31. The monoisotopic (exact) mass is 339 g/mol. The summed E-state index contributed by atoms with van der Waals surface area (Å²) in [4.78, 5) is 10.8. The highest BCUT2D eigenvalue weighted by Crippen LogP contribution is 2.19. The van der Waals surface area contributed by atoms with E-state index in [-0.39, 0.29) is 13.1 Å². The molecule has 0 bridgehead atoms. The van der Waals surface area contributed by atoms with Gasteiger partial charge in [0.1, 0.15) is 6.29 Å². The van der Waals surface area contributed by atoms with E-state index in [0.717, 1.165) is 12.1 Å². The first-order valence-electron chi connectivity index (χ1n) is 5.88. The van der Waals surface area contributed by atoms with Gasteiger partial charge >= 0.3 is 10.2 Å². The standard InChI is InChI=1S/C11H12ClF2N3O3S/c12-11(13)6-16-10(17-9(11)18)15-5-7-2-1-3-8(4-7)21(14,19)20/h1-4,10,15-16H,5-6H2,(H,17,18). The van der Waals surface area contributed by atoms with Crippen LogP contribution >= 0.6 is 11.6 Å². The van der Waals surface area contributed by atoms with Crippen molar-refractivity contribution in [2.75, 3.05) is 6.54 Å². The molecule has 2 rings (SSSR count). The molecule has 0 aliphatic carbocycles. The van der Waals surface area contributed by atoms with Crippen LogP contribution in [0.3, 0.4) is 0 Å². The highest BCUT2D eigenvalue weighted by Gasteiger charge is 2.41. The number of benzene rings is 1. The largest absolute Gasteiger partial charge is 0.332 e. The molecule has 3 N–H and O–H groups in total. The van der Waals surface area contributed by atoms with Crippen molar-refractivity contribution in [3.63, 3.8) is 0 Å². The second-order valence-corrected chi connectivity index (χ2v) is 6.40. The van der Waals surface area contributed by atoms with Crippen molar-refractivity contribution in [3.05, 3.63) is 29.8 Å². The molecule has 1 aliphatic heterocycles. The summed E-state index contributed by atoms with van der Waals surface area (Å²) in [5.74, 6) is -0.972. The summed E-state index contributed by atoms with van der Waals surface area (Å²) >= 11 is 5.30. The van der Waals surface area contributed by atoms with Gasteiger partial charge in [-0.3, -0.25) is 15.4 Å². The Labute approximate surface area is 125 Å². The lowest BCUT2D eigenvalue weighted by Crippen LogP contribution is -2.66. The molecule has 1 aliphatic rings. The van der Waals surface area contributed by atoms with Crippen molar-refractivity contribution in [1.29, 1.82) is 0 Å². The number of rotatable bonds is 4. The van der Waals surface area contributed by atoms with Crippen LogP contribution in [0.25, 0.3) is 0 Å². The molecule has 1 heterocycles. The Morgan fingerprint density at radius 2 is 2.19 bits per heavy atom. The lowest BCUT2D eigenvalue weighted by molar-refractivity contribution is -0.131. The van der Waals surface area contributed by atoms with E-state index in [9.17, 15) is 21.5 Å². The van der Waals surface area contributed by atoms with Gasteiger partial charge < -0.3 is 5.32 Å². The van der Waals surface area contributed by atoms with Crippen LogP contribution in [0.4, 0.5) is 8.28 Å². The zero-order chi connectivity index (χ0) is 15.7. The summed E-state index contributed by atoms with van der Waals surface area (Å²) in [6.07, 6.45) is -0.731. The number of alkyl halides is 2. The summed E-state index contributed by atoms with van der Waals surface area (Å²) in [6.45, 7) is -0.250. The number of hydrogen-bond donors (Lipinski definition) is 3. The molecular formula is C11H12ClF2N3O3S. The maximum Gasteiger partial charge on any atom is 0.332 e. The van der Waals surface area contributed by atoms with Gasteiger partial charge in [-0.2, -0.15) is 8.42 Å². The molecule has 116 valence electrons. The minimum absolute atomic E-state index is 0.128. The second kappa shape index (κ2) is 5.84. The Kier molecular flexibility index (Phi) is 4.47. The molecule has 10 heteroatoms. The number of hydrogen-bond acceptors (Lipinski definition) is 5. The van der Waals surface area contributed by atoms with Crippen molar-refractivity contribution >= 4 is 27.7 Å². The summed E-state index contributed by atoms with van der Waals surface area (Å²) in [5, 5.41) is 5.17. The molecule has 0 saturated carbocycles. The van der Waals surface area contributed by atoms with Crippen LogP contribution in [0.1, 0.15) is 5.56 Å². The van der Waals surface area contributed by atoms with Crippen molar-refractivity contribution < 1.29 is 21.5 Å². The van der Waals surface area contributed by atoms with Gasteiger partial charge in [0.05, 0.1) is 11.4 Å². The maximum atomic E-state index is 13.3. The molecule has 0 spiro atoms. The molecule has 6 nitrogen and oxygen atoms in total. The third-order valence-corrected chi connectivity index (χ3v) is 3.95. The quantitative estimate of drug-likeness (QED) is 0.544. The maximum absolute atomic E-state index is 13.3. The van der Waals surface area contributed by atoms with Crippen LogP contribution < -0.4 is 16.0 Å². The van der Waals surface area contributed by atoms with Crippen LogP contribution in [0, 0.1) is 0 Å². The number of halogens is 3. The second-order valence-electron chi connectivity index (χ2n) is 4.46. The Hall–Kier alpha value is -1.29. The SMILES string of the molecule is O=C1NC(NCc2cccc(S(=O)(=O)F)c2)NCC1(F)Cl. The Balaban J connectivity index is 1.97. The van der Waals surface area contributed by atoms with Gasteiger partial charge in [-0.05, 0) is 17.7 Å². The molecule has 2 atom stereocenters. The van der Waals surface area contributed by atoms with Crippen molar-refractivity contribution in [3.8, 4) is 0 Å². The average molecular weight is 340 g/mol. The van der Waals surface area contributed by atoms with Gasteiger partial charge in [0.25, 0.3) is 11.0 Å². The number of carbonyl (C=O) groups is 1. The van der Waals surface area contributed by atoms with Crippen LogP contribution in [-0.2, 0) is 21.6 Å². The van der Waals surface area contributed by atoms with Crippen LogP contribution in [0.15, 0.2) is 29.2 Å². The molecule has 1 amide bonds. The fourth-order valence-corrected chi connectivity index (χ4v) is 2.41. The lowest BCUT2D eigenvalue weighted by atomic mass is 10.2. The first kappa shape index (κ1) is 16.1. The van der Waals surface area contributed by atoms with Crippen molar-refractivity contribution in [2.45, 2.75) is 22.9 Å². The molecule has 0 aromatic heterocycles. The zero-order valence-electron chi connectivity index (χ0n) is 10.6. The Bertz CT molecular complexity index is 654. The van der Waals surface area contributed by atoms with E-state index < -0.39 is 32.4 Å². The fourth-order valence-electron chi connectivity index (χ4n) is 1.75. The molecule has 1 aromatic rings. The number of amides is 1. The third-order valence-electron chi connectivity index (χ3n) is 2.83. The van der Waals surface area contributed by atoms with Crippen LogP contribution in [-0.4, -0.2) is 32.3 Å². The van der Waals surface area contributed by atoms with E-state index in [0.29, 0.717) is 5.56 Å². The normalized spacial score (nSPS) is 26.4. The van der Waals surface area contributed by atoms with E-state index in [1.165, 1.54) is 6.07 Å². The van der Waals surface area contributed by atoms with E-state index in [4.69, 9.17) is 11.6 Å². The molecule has 1 fully saturated rings. The Morgan fingerprint density at radius 1 is 1.48 bits per heavy atom. The zero-order valence-corrected chi connectivity index (χ0v) is 12.1. The Morgan fingerprint density at radius 3 is 2.81 bits per heavy atom. The topological polar surface area (TPSA) is 87.3 Å². The van der Waals surface area contributed by atoms with E-state index in [1.807, 2.05) is 0 Å².